The van der Waals surface area contributed by atoms with Gasteiger partial charge in [-0.3, -0.25) is 9.79 Å². The van der Waals surface area contributed by atoms with Gasteiger partial charge in [0.25, 0.3) is 0 Å². The van der Waals surface area contributed by atoms with Crippen molar-refractivity contribution in [2.24, 2.45) is 10.9 Å². The molecule has 0 bridgehead atoms. The number of aryl methyl sites for hydroxylation is 1. The Balaban J connectivity index is 1.87. The van der Waals surface area contributed by atoms with Crippen LogP contribution in [-0.2, 0) is 16.1 Å². The number of carbonyl (C=O) groups excluding carboxylic acids is 1. The summed E-state index contributed by atoms with van der Waals surface area (Å²) in [7, 11) is 1.71. The van der Waals surface area contributed by atoms with E-state index < -0.39 is 5.60 Å². The van der Waals surface area contributed by atoms with Gasteiger partial charge in [-0.05, 0) is 34.1 Å². The van der Waals surface area contributed by atoms with Crippen molar-refractivity contribution in [2.75, 3.05) is 20.1 Å². The van der Waals surface area contributed by atoms with Crippen LogP contribution in [0.25, 0.3) is 0 Å². The maximum absolute atomic E-state index is 12.2. The fourth-order valence-electron chi connectivity index (χ4n) is 2.43. The highest BCUT2D eigenvalue weighted by Crippen LogP contribution is 2.20. The molecule has 1 aliphatic rings. The van der Waals surface area contributed by atoms with Gasteiger partial charge >= 0.3 is 5.97 Å². The predicted molar refractivity (Wildman–Crippen MR) is 84.8 cm³/mol. The van der Waals surface area contributed by atoms with Gasteiger partial charge in [-0.2, -0.15) is 4.98 Å². The summed E-state index contributed by atoms with van der Waals surface area (Å²) in [4.78, 5) is 22.6. The molecule has 2 rings (SSSR count). The van der Waals surface area contributed by atoms with Crippen molar-refractivity contribution < 1.29 is 14.1 Å². The summed E-state index contributed by atoms with van der Waals surface area (Å²) in [5, 5.41) is 6.92. The second-order valence-corrected chi connectivity index (χ2v) is 6.60. The van der Waals surface area contributed by atoms with Crippen molar-refractivity contribution in [1.29, 1.82) is 0 Å². The van der Waals surface area contributed by atoms with Crippen LogP contribution in [0.3, 0.4) is 0 Å². The molecular weight excluding hydrogens is 298 g/mol. The predicted octanol–water partition coefficient (Wildman–Crippen LogP) is 1.12. The summed E-state index contributed by atoms with van der Waals surface area (Å²) in [6, 6.07) is 0. The lowest BCUT2D eigenvalue weighted by molar-refractivity contribution is -0.159. The molecule has 1 saturated heterocycles. The second-order valence-electron chi connectivity index (χ2n) is 6.60. The number of hydrogen-bond donors (Lipinski definition) is 1. The minimum absolute atomic E-state index is 0.126. The van der Waals surface area contributed by atoms with Gasteiger partial charge in [0.2, 0.25) is 5.89 Å². The normalized spacial score (nSPS) is 19.1. The summed E-state index contributed by atoms with van der Waals surface area (Å²) in [5.41, 5.74) is -0.458. The standard InChI is InChI=1S/C15H25N5O3/c1-10-18-12(23-19-10)8-17-14(16-5)20-7-6-11(9-20)13(21)22-15(2,3)4/h11H,6-9H2,1-5H3,(H,16,17). The van der Waals surface area contributed by atoms with Crippen LogP contribution in [0.1, 0.15) is 38.9 Å². The number of esters is 1. The first-order valence-corrected chi connectivity index (χ1v) is 7.76. The molecule has 8 heteroatoms. The number of carbonyl (C=O) groups is 1. The number of aromatic nitrogens is 2. The Morgan fingerprint density at radius 1 is 1.52 bits per heavy atom. The largest absolute Gasteiger partial charge is 0.460 e. The molecule has 0 radical (unpaired) electrons. The summed E-state index contributed by atoms with van der Waals surface area (Å²) >= 11 is 0. The molecule has 2 heterocycles. The Morgan fingerprint density at radius 2 is 2.26 bits per heavy atom. The molecule has 0 spiro atoms. The molecule has 1 unspecified atom stereocenters. The maximum Gasteiger partial charge on any atom is 0.311 e. The Hall–Kier alpha value is -2.12. The highest BCUT2D eigenvalue weighted by Gasteiger charge is 2.33. The monoisotopic (exact) mass is 323 g/mol. The quantitative estimate of drug-likeness (QED) is 0.506. The smallest absolute Gasteiger partial charge is 0.311 e. The number of guanidine groups is 1. The number of aliphatic imine (C=N–C) groups is 1. The fraction of sp³-hybridized carbons (Fsp3) is 0.733. The van der Waals surface area contributed by atoms with E-state index in [4.69, 9.17) is 9.26 Å². The maximum atomic E-state index is 12.2. The number of rotatable bonds is 3. The van der Waals surface area contributed by atoms with Crippen molar-refractivity contribution in [2.45, 2.75) is 46.3 Å². The van der Waals surface area contributed by atoms with Crippen LogP contribution in [0.2, 0.25) is 0 Å². The van der Waals surface area contributed by atoms with E-state index in [0.29, 0.717) is 30.8 Å². The zero-order valence-electron chi connectivity index (χ0n) is 14.4. The topological polar surface area (TPSA) is 92.9 Å². The van der Waals surface area contributed by atoms with Crippen LogP contribution in [-0.4, -0.2) is 52.7 Å². The van der Waals surface area contributed by atoms with E-state index in [0.717, 1.165) is 13.0 Å². The lowest BCUT2D eigenvalue weighted by atomic mass is 10.1. The van der Waals surface area contributed by atoms with Gasteiger partial charge in [-0.1, -0.05) is 5.16 Å². The molecule has 23 heavy (non-hydrogen) atoms. The van der Waals surface area contributed by atoms with Crippen molar-refractivity contribution >= 4 is 11.9 Å². The molecule has 8 nitrogen and oxygen atoms in total. The van der Waals surface area contributed by atoms with Gasteiger partial charge in [0.05, 0.1) is 12.5 Å². The Kier molecular flexibility index (Phi) is 5.23. The molecule has 0 aromatic carbocycles. The van der Waals surface area contributed by atoms with Crippen LogP contribution in [0.15, 0.2) is 9.52 Å². The fourth-order valence-corrected chi connectivity index (χ4v) is 2.43. The van der Waals surface area contributed by atoms with Gasteiger partial charge in [-0.25, -0.2) is 0 Å². The number of hydrogen-bond acceptors (Lipinski definition) is 6. The zero-order valence-corrected chi connectivity index (χ0v) is 14.4. The second kappa shape index (κ2) is 6.97. The molecule has 1 N–H and O–H groups in total. The SMILES string of the molecule is CN=C(NCc1nc(C)no1)N1CCC(C(=O)OC(C)(C)C)C1. The minimum Gasteiger partial charge on any atom is -0.460 e. The molecule has 0 aliphatic carbocycles. The molecule has 1 aromatic heterocycles. The van der Waals surface area contributed by atoms with E-state index in [1.54, 1.807) is 14.0 Å². The molecule has 0 amide bonds. The van der Waals surface area contributed by atoms with E-state index in [1.807, 2.05) is 25.7 Å². The lowest BCUT2D eigenvalue weighted by Crippen LogP contribution is -2.40. The molecule has 0 saturated carbocycles. The highest BCUT2D eigenvalue weighted by molar-refractivity contribution is 5.82. The third-order valence-electron chi connectivity index (χ3n) is 3.41. The third-order valence-corrected chi connectivity index (χ3v) is 3.41. The number of ether oxygens (including phenoxy) is 1. The van der Waals surface area contributed by atoms with Crippen LogP contribution in [0.4, 0.5) is 0 Å². The summed E-state index contributed by atoms with van der Waals surface area (Å²) in [6.45, 7) is 9.16. The van der Waals surface area contributed by atoms with Crippen molar-refractivity contribution in [3.05, 3.63) is 11.7 Å². The van der Waals surface area contributed by atoms with Crippen LogP contribution < -0.4 is 5.32 Å². The molecule has 128 valence electrons. The van der Waals surface area contributed by atoms with Gasteiger partial charge in [0.1, 0.15) is 5.60 Å². The first-order chi connectivity index (χ1) is 10.8. The third kappa shape index (κ3) is 4.94. The molecule has 1 aromatic rings. The van der Waals surface area contributed by atoms with Crippen LogP contribution >= 0.6 is 0 Å². The first kappa shape index (κ1) is 17.2. The minimum atomic E-state index is -0.458. The number of likely N-dealkylation sites (tertiary alicyclic amines) is 1. The Labute approximate surface area is 136 Å². The summed E-state index contributed by atoms with van der Waals surface area (Å²) in [6.07, 6.45) is 0.759. The number of nitrogens with one attached hydrogen (secondary N) is 1. The van der Waals surface area contributed by atoms with Crippen molar-refractivity contribution in [1.82, 2.24) is 20.4 Å². The van der Waals surface area contributed by atoms with E-state index >= 15 is 0 Å². The molecule has 1 fully saturated rings. The zero-order chi connectivity index (χ0) is 17.0. The van der Waals surface area contributed by atoms with Gasteiger partial charge in [-0.15, -0.1) is 0 Å². The van der Waals surface area contributed by atoms with Crippen molar-refractivity contribution in [3.63, 3.8) is 0 Å². The number of nitrogens with zero attached hydrogens (tertiary/aromatic N) is 4. The van der Waals surface area contributed by atoms with E-state index in [9.17, 15) is 4.79 Å². The molecule has 1 atom stereocenters. The average Bonchev–Trinajstić information content (AvgIpc) is 3.07. The Morgan fingerprint density at radius 3 is 2.83 bits per heavy atom. The van der Waals surface area contributed by atoms with E-state index in [1.165, 1.54) is 0 Å². The van der Waals surface area contributed by atoms with Crippen LogP contribution in [0, 0.1) is 12.8 Å². The van der Waals surface area contributed by atoms with E-state index in [-0.39, 0.29) is 11.9 Å². The Bertz CT molecular complexity index is 576. The molecular formula is C15H25N5O3. The van der Waals surface area contributed by atoms with E-state index in [2.05, 4.69) is 20.4 Å². The first-order valence-electron chi connectivity index (χ1n) is 7.76. The lowest BCUT2D eigenvalue weighted by Gasteiger charge is -2.23. The molecule has 1 aliphatic heterocycles. The van der Waals surface area contributed by atoms with Crippen LogP contribution in [0.5, 0.6) is 0 Å². The van der Waals surface area contributed by atoms with Gasteiger partial charge in [0.15, 0.2) is 11.8 Å². The summed E-state index contributed by atoms with van der Waals surface area (Å²) in [5.74, 6) is 1.54. The highest BCUT2D eigenvalue weighted by atomic mass is 16.6. The van der Waals surface area contributed by atoms with Gasteiger partial charge in [0, 0.05) is 20.1 Å². The summed E-state index contributed by atoms with van der Waals surface area (Å²) < 4.78 is 10.5. The van der Waals surface area contributed by atoms with Gasteiger partial charge < -0.3 is 19.5 Å². The van der Waals surface area contributed by atoms with Crippen molar-refractivity contribution in [3.8, 4) is 0 Å². The average molecular weight is 323 g/mol.